The highest BCUT2D eigenvalue weighted by atomic mass is 19.1. The molecule has 1 fully saturated rings. The molecule has 1 rings (SSSR count). The molecular weight excluding hydrogens is 129 g/mol. The summed E-state index contributed by atoms with van der Waals surface area (Å²) in [5, 5.41) is 0. The van der Waals surface area contributed by atoms with Gasteiger partial charge < -0.3 is 5.73 Å². The van der Waals surface area contributed by atoms with Gasteiger partial charge in [0.1, 0.15) is 0 Å². The third-order valence-electron chi connectivity index (χ3n) is 2.17. The summed E-state index contributed by atoms with van der Waals surface area (Å²) in [6, 6.07) is 0. The molecular formula is C8H16FN. The molecule has 2 N–H and O–H groups in total. The quantitative estimate of drug-likeness (QED) is 0.643. The number of rotatable bonds is 4. The van der Waals surface area contributed by atoms with Gasteiger partial charge in [-0.15, -0.1) is 0 Å². The smallest absolute Gasteiger partial charge is 0.0973 e. The highest BCUT2D eigenvalue weighted by molar-refractivity contribution is 4.98. The Bertz CT molecular complexity index is 108. The van der Waals surface area contributed by atoms with Gasteiger partial charge in [-0.2, -0.15) is 0 Å². The van der Waals surface area contributed by atoms with Crippen LogP contribution < -0.4 is 5.73 Å². The molecule has 0 aromatic carbocycles. The zero-order chi connectivity index (χ0) is 7.61. The van der Waals surface area contributed by atoms with Gasteiger partial charge in [0.05, 0.1) is 6.17 Å². The van der Waals surface area contributed by atoms with E-state index in [1.54, 1.807) is 6.92 Å². The fourth-order valence-electron chi connectivity index (χ4n) is 1.15. The largest absolute Gasteiger partial charge is 0.325 e. The Kier molecular flexibility index (Phi) is 2.29. The van der Waals surface area contributed by atoms with Gasteiger partial charge in [-0.1, -0.05) is 0 Å². The van der Waals surface area contributed by atoms with Gasteiger partial charge >= 0.3 is 0 Å². The summed E-state index contributed by atoms with van der Waals surface area (Å²) in [7, 11) is 0. The maximum absolute atomic E-state index is 12.3. The highest BCUT2D eigenvalue weighted by Crippen LogP contribution is 2.37. The molecule has 1 aliphatic rings. The molecule has 1 nitrogen and oxygen atoms in total. The monoisotopic (exact) mass is 145 g/mol. The normalized spacial score (nSPS) is 24.3. The Labute approximate surface area is 61.8 Å². The van der Waals surface area contributed by atoms with E-state index in [9.17, 15) is 4.39 Å². The van der Waals surface area contributed by atoms with Gasteiger partial charge in [-0.25, -0.2) is 4.39 Å². The molecule has 0 radical (unpaired) electrons. The van der Waals surface area contributed by atoms with Crippen molar-refractivity contribution in [2.75, 3.05) is 0 Å². The summed E-state index contributed by atoms with van der Waals surface area (Å²) in [5.41, 5.74) is 5.93. The molecule has 0 aromatic rings. The first kappa shape index (κ1) is 7.99. The Morgan fingerprint density at radius 3 is 2.60 bits per heavy atom. The van der Waals surface area contributed by atoms with Crippen molar-refractivity contribution in [1.82, 2.24) is 0 Å². The van der Waals surface area contributed by atoms with Gasteiger partial charge in [0.25, 0.3) is 0 Å². The zero-order valence-corrected chi connectivity index (χ0v) is 6.57. The summed E-state index contributed by atoms with van der Waals surface area (Å²) in [4.78, 5) is 0. The summed E-state index contributed by atoms with van der Waals surface area (Å²) < 4.78 is 12.3. The summed E-state index contributed by atoms with van der Waals surface area (Å²) in [5.74, 6) is 0. The number of alkyl halides is 1. The number of hydrogen-bond donors (Lipinski definition) is 1. The van der Waals surface area contributed by atoms with Gasteiger partial charge in [0.15, 0.2) is 0 Å². The molecule has 0 heterocycles. The molecule has 1 aliphatic carbocycles. The summed E-state index contributed by atoms with van der Waals surface area (Å²) >= 11 is 0. The third kappa shape index (κ3) is 2.65. The maximum atomic E-state index is 12.3. The molecule has 10 heavy (non-hydrogen) atoms. The third-order valence-corrected chi connectivity index (χ3v) is 2.17. The Hall–Kier alpha value is -0.110. The van der Waals surface area contributed by atoms with Crippen molar-refractivity contribution in [1.29, 1.82) is 0 Å². The molecule has 0 saturated heterocycles. The molecule has 0 bridgehead atoms. The van der Waals surface area contributed by atoms with Crippen LogP contribution in [0.25, 0.3) is 0 Å². The average molecular weight is 145 g/mol. The van der Waals surface area contributed by atoms with Crippen LogP contribution in [0.5, 0.6) is 0 Å². The molecule has 0 aromatic heterocycles. The number of nitrogens with two attached hydrogens (primary N) is 1. The highest BCUT2D eigenvalue weighted by Gasteiger charge is 2.36. The van der Waals surface area contributed by atoms with E-state index in [0.29, 0.717) is 6.42 Å². The van der Waals surface area contributed by atoms with Gasteiger partial charge in [0, 0.05) is 5.54 Å². The minimum atomic E-state index is -0.651. The molecule has 0 spiro atoms. The van der Waals surface area contributed by atoms with Crippen molar-refractivity contribution in [3.63, 3.8) is 0 Å². The first-order chi connectivity index (χ1) is 4.62. The van der Waals surface area contributed by atoms with E-state index in [2.05, 4.69) is 0 Å². The Morgan fingerprint density at radius 1 is 1.60 bits per heavy atom. The van der Waals surface area contributed by atoms with E-state index in [1.165, 1.54) is 0 Å². The van der Waals surface area contributed by atoms with E-state index in [0.717, 1.165) is 25.7 Å². The van der Waals surface area contributed by atoms with E-state index in [-0.39, 0.29) is 5.54 Å². The van der Waals surface area contributed by atoms with Crippen molar-refractivity contribution in [3.05, 3.63) is 0 Å². The molecule has 0 aliphatic heterocycles. The van der Waals surface area contributed by atoms with Crippen molar-refractivity contribution in [2.24, 2.45) is 5.73 Å². The Morgan fingerprint density at radius 2 is 2.20 bits per heavy atom. The molecule has 1 saturated carbocycles. The predicted octanol–water partition coefficient (Wildman–Crippen LogP) is 2.01. The van der Waals surface area contributed by atoms with Crippen LogP contribution in [0.15, 0.2) is 0 Å². The Balaban J connectivity index is 1.95. The number of hydrogen-bond acceptors (Lipinski definition) is 1. The average Bonchev–Trinajstić information content (AvgIpc) is 2.47. The first-order valence-corrected chi connectivity index (χ1v) is 4.05. The lowest BCUT2D eigenvalue weighted by molar-refractivity contribution is 0.326. The molecule has 1 unspecified atom stereocenters. The van der Waals surface area contributed by atoms with E-state index >= 15 is 0 Å². The molecule has 1 atom stereocenters. The van der Waals surface area contributed by atoms with Crippen LogP contribution in [0, 0.1) is 0 Å². The van der Waals surface area contributed by atoms with E-state index < -0.39 is 6.17 Å². The molecule has 60 valence electrons. The first-order valence-electron chi connectivity index (χ1n) is 4.05. The summed E-state index contributed by atoms with van der Waals surface area (Å²) in [6.45, 7) is 1.61. The molecule has 2 heteroatoms. The topological polar surface area (TPSA) is 26.0 Å². The van der Waals surface area contributed by atoms with Crippen LogP contribution in [0.4, 0.5) is 4.39 Å². The van der Waals surface area contributed by atoms with Crippen molar-refractivity contribution < 1.29 is 4.39 Å². The fourth-order valence-corrected chi connectivity index (χ4v) is 1.15. The second-order valence-electron chi connectivity index (χ2n) is 3.54. The number of halogens is 1. The maximum Gasteiger partial charge on any atom is 0.0973 e. The van der Waals surface area contributed by atoms with Crippen molar-refractivity contribution >= 4 is 0 Å². The van der Waals surface area contributed by atoms with Crippen LogP contribution in [0.1, 0.15) is 39.0 Å². The van der Waals surface area contributed by atoms with Crippen LogP contribution >= 0.6 is 0 Å². The second-order valence-corrected chi connectivity index (χ2v) is 3.54. The lowest BCUT2D eigenvalue weighted by Gasteiger charge is -2.07. The minimum Gasteiger partial charge on any atom is -0.325 e. The van der Waals surface area contributed by atoms with Crippen LogP contribution in [0.3, 0.4) is 0 Å². The lowest BCUT2D eigenvalue weighted by atomic mass is 10.1. The van der Waals surface area contributed by atoms with Gasteiger partial charge in [-0.3, -0.25) is 0 Å². The predicted molar refractivity (Wildman–Crippen MR) is 40.6 cm³/mol. The van der Waals surface area contributed by atoms with E-state index in [1.807, 2.05) is 0 Å². The fraction of sp³-hybridized carbons (Fsp3) is 1.00. The van der Waals surface area contributed by atoms with Gasteiger partial charge in [0.2, 0.25) is 0 Å². The minimum absolute atomic E-state index is 0.120. The SMILES string of the molecule is CC(F)CCCC1(N)CC1. The lowest BCUT2D eigenvalue weighted by Crippen LogP contribution is -2.21. The summed E-state index contributed by atoms with van der Waals surface area (Å²) in [6.07, 6.45) is 4.29. The van der Waals surface area contributed by atoms with Crippen LogP contribution in [0.2, 0.25) is 0 Å². The zero-order valence-electron chi connectivity index (χ0n) is 6.57. The van der Waals surface area contributed by atoms with Crippen molar-refractivity contribution in [3.8, 4) is 0 Å². The molecule has 0 amide bonds. The van der Waals surface area contributed by atoms with Crippen molar-refractivity contribution in [2.45, 2.75) is 50.7 Å². The standard InChI is InChI=1S/C8H16FN/c1-7(9)3-2-4-8(10)5-6-8/h7H,2-6,10H2,1H3. The van der Waals surface area contributed by atoms with Crippen LogP contribution in [-0.4, -0.2) is 11.7 Å². The van der Waals surface area contributed by atoms with E-state index in [4.69, 9.17) is 5.73 Å². The van der Waals surface area contributed by atoms with Gasteiger partial charge in [-0.05, 0) is 39.0 Å². The van der Waals surface area contributed by atoms with Crippen LogP contribution in [-0.2, 0) is 0 Å². The second kappa shape index (κ2) is 2.87.